The van der Waals surface area contributed by atoms with E-state index in [1.54, 1.807) is 0 Å². The molecule has 1 heterocycles. The number of nitrogens with zero attached hydrogens (tertiary/aromatic N) is 1. The fraction of sp³-hybridized carbons (Fsp3) is 0.625. The Morgan fingerprint density at radius 2 is 2.11 bits per heavy atom. The van der Waals surface area contributed by atoms with Gasteiger partial charge in [0.15, 0.2) is 0 Å². The molecule has 1 aromatic rings. The minimum Gasteiger partial charge on any atom is -0.368 e. The Balaban J connectivity index is 2.25. The van der Waals surface area contributed by atoms with Crippen LogP contribution in [0.4, 0.5) is 5.69 Å². The highest BCUT2D eigenvalue weighted by atomic mass is 79.9. The fourth-order valence-corrected chi connectivity index (χ4v) is 3.49. The zero-order valence-electron chi connectivity index (χ0n) is 12.4. The monoisotopic (exact) mass is 324 g/mol. The van der Waals surface area contributed by atoms with Crippen LogP contribution in [0.25, 0.3) is 0 Å². The van der Waals surface area contributed by atoms with Gasteiger partial charge in [-0.3, -0.25) is 0 Å². The maximum Gasteiger partial charge on any atom is 0.0513 e. The normalized spacial score (nSPS) is 25.4. The molecule has 0 saturated carbocycles. The maximum absolute atomic E-state index is 3.76. The van der Waals surface area contributed by atoms with Crippen LogP contribution >= 0.6 is 15.9 Å². The summed E-state index contributed by atoms with van der Waals surface area (Å²) >= 11 is 3.76. The van der Waals surface area contributed by atoms with Crippen molar-refractivity contribution in [1.82, 2.24) is 5.32 Å². The number of hydrogen-bond donors (Lipinski definition) is 1. The lowest BCUT2D eigenvalue weighted by molar-refractivity contribution is 0.363. The number of anilines is 1. The van der Waals surface area contributed by atoms with Crippen LogP contribution in [0.1, 0.15) is 45.2 Å². The first-order chi connectivity index (χ1) is 9.04. The van der Waals surface area contributed by atoms with Gasteiger partial charge in [-0.2, -0.15) is 0 Å². The number of rotatable bonds is 3. The Bertz CT molecular complexity index is 433. The molecule has 1 saturated heterocycles. The summed E-state index contributed by atoms with van der Waals surface area (Å²) in [6.07, 6.45) is 2.65. The third kappa shape index (κ3) is 3.14. The van der Waals surface area contributed by atoms with Gasteiger partial charge in [0.25, 0.3) is 0 Å². The Hall–Kier alpha value is -0.540. The zero-order chi connectivity index (χ0) is 14.0. The second-order valence-electron chi connectivity index (χ2n) is 5.77. The number of hydrogen-bond acceptors (Lipinski definition) is 2. The molecule has 1 fully saturated rings. The molecular formula is C16H25BrN2. The van der Waals surface area contributed by atoms with E-state index in [0.717, 1.165) is 5.92 Å². The van der Waals surface area contributed by atoms with Crippen LogP contribution in [-0.2, 0) is 0 Å². The highest BCUT2D eigenvalue weighted by Crippen LogP contribution is 2.34. The molecule has 0 bridgehead atoms. The molecule has 3 heteroatoms. The van der Waals surface area contributed by atoms with Gasteiger partial charge in [-0.1, -0.05) is 13.0 Å². The summed E-state index contributed by atoms with van der Waals surface area (Å²) in [5, 5.41) is 3.29. The SMILES string of the molecule is CNC(C)c1ccc(N2CCCC(C)C2C)c(Br)c1. The lowest BCUT2D eigenvalue weighted by atomic mass is 9.91. The van der Waals surface area contributed by atoms with Gasteiger partial charge in [-0.05, 0) is 73.3 Å². The van der Waals surface area contributed by atoms with Crippen LogP contribution in [0, 0.1) is 5.92 Å². The molecule has 0 spiro atoms. The van der Waals surface area contributed by atoms with Gasteiger partial charge < -0.3 is 10.2 Å². The topological polar surface area (TPSA) is 15.3 Å². The Morgan fingerprint density at radius 1 is 1.37 bits per heavy atom. The lowest BCUT2D eigenvalue weighted by Crippen LogP contribution is -2.42. The minimum absolute atomic E-state index is 0.392. The summed E-state index contributed by atoms with van der Waals surface area (Å²) < 4.78 is 1.22. The summed E-state index contributed by atoms with van der Waals surface area (Å²) in [6.45, 7) is 8.07. The predicted octanol–water partition coefficient (Wildman–Crippen LogP) is 4.35. The van der Waals surface area contributed by atoms with Crippen molar-refractivity contribution in [1.29, 1.82) is 0 Å². The van der Waals surface area contributed by atoms with Crippen LogP contribution in [-0.4, -0.2) is 19.6 Å². The van der Waals surface area contributed by atoms with Crippen molar-refractivity contribution in [2.24, 2.45) is 5.92 Å². The summed E-state index contributed by atoms with van der Waals surface area (Å²) in [5.41, 5.74) is 2.67. The fourth-order valence-electron chi connectivity index (χ4n) is 2.87. The molecule has 1 N–H and O–H groups in total. The standard InChI is InChI=1S/C16H25BrN2/c1-11-6-5-9-19(13(11)3)16-8-7-14(10-15(16)17)12(2)18-4/h7-8,10-13,18H,5-6,9H2,1-4H3. The van der Waals surface area contributed by atoms with Crippen molar-refractivity contribution in [2.45, 2.75) is 45.7 Å². The van der Waals surface area contributed by atoms with E-state index in [1.807, 2.05) is 7.05 Å². The van der Waals surface area contributed by atoms with Gasteiger partial charge in [0.05, 0.1) is 5.69 Å². The molecular weight excluding hydrogens is 300 g/mol. The first-order valence-electron chi connectivity index (χ1n) is 7.28. The second-order valence-corrected chi connectivity index (χ2v) is 6.63. The van der Waals surface area contributed by atoms with E-state index in [1.165, 1.54) is 35.1 Å². The molecule has 2 nitrogen and oxygen atoms in total. The number of piperidine rings is 1. The van der Waals surface area contributed by atoms with E-state index in [9.17, 15) is 0 Å². The van der Waals surface area contributed by atoms with E-state index < -0.39 is 0 Å². The highest BCUT2D eigenvalue weighted by molar-refractivity contribution is 9.10. The summed E-state index contributed by atoms with van der Waals surface area (Å²) in [4.78, 5) is 2.55. The molecule has 19 heavy (non-hydrogen) atoms. The van der Waals surface area contributed by atoms with E-state index in [4.69, 9.17) is 0 Å². The molecule has 106 valence electrons. The third-order valence-electron chi connectivity index (χ3n) is 4.59. The minimum atomic E-state index is 0.392. The van der Waals surface area contributed by atoms with E-state index in [0.29, 0.717) is 12.1 Å². The Labute approximate surface area is 125 Å². The Morgan fingerprint density at radius 3 is 2.74 bits per heavy atom. The van der Waals surface area contributed by atoms with Gasteiger partial charge in [0.2, 0.25) is 0 Å². The smallest absolute Gasteiger partial charge is 0.0513 e. The molecule has 0 radical (unpaired) electrons. The largest absolute Gasteiger partial charge is 0.368 e. The van der Waals surface area contributed by atoms with Crippen LogP contribution in [0.5, 0.6) is 0 Å². The van der Waals surface area contributed by atoms with Gasteiger partial charge in [0.1, 0.15) is 0 Å². The first kappa shape index (κ1) is 14.9. The van der Waals surface area contributed by atoms with Crippen molar-refractivity contribution in [3.8, 4) is 0 Å². The van der Waals surface area contributed by atoms with Crippen molar-refractivity contribution >= 4 is 21.6 Å². The average Bonchev–Trinajstić information content (AvgIpc) is 2.41. The van der Waals surface area contributed by atoms with E-state index in [-0.39, 0.29) is 0 Å². The first-order valence-corrected chi connectivity index (χ1v) is 8.07. The molecule has 3 unspecified atom stereocenters. The molecule has 1 aliphatic rings. The van der Waals surface area contributed by atoms with E-state index in [2.05, 4.69) is 65.1 Å². The van der Waals surface area contributed by atoms with Crippen LogP contribution in [0.3, 0.4) is 0 Å². The molecule has 0 aliphatic carbocycles. The average molecular weight is 325 g/mol. The number of benzene rings is 1. The van der Waals surface area contributed by atoms with Gasteiger partial charge in [-0.25, -0.2) is 0 Å². The van der Waals surface area contributed by atoms with Crippen molar-refractivity contribution in [2.75, 3.05) is 18.5 Å². The van der Waals surface area contributed by atoms with Gasteiger partial charge in [0, 0.05) is 23.1 Å². The predicted molar refractivity (Wildman–Crippen MR) is 86.8 cm³/mol. The van der Waals surface area contributed by atoms with Crippen molar-refractivity contribution < 1.29 is 0 Å². The molecule has 1 aromatic carbocycles. The van der Waals surface area contributed by atoms with Crippen LogP contribution < -0.4 is 10.2 Å². The molecule has 0 amide bonds. The summed E-state index contributed by atoms with van der Waals surface area (Å²) in [5.74, 6) is 0.775. The van der Waals surface area contributed by atoms with Crippen molar-refractivity contribution in [3.63, 3.8) is 0 Å². The Kier molecular flexibility index (Phi) is 4.91. The van der Waals surface area contributed by atoms with Gasteiger partial charge in [-0.15, -0.1) is 0 Å². The quantitative estimate of drug-likeness (QED) is 0.888. The molecule has 3 atom stereocenters. The zero-order valence-corrected chi connectivity index (χ0v) is 14.0. The van der Waals surface area contributed by atoms with Gasteiger partial charge >= 0.3 is 0 Å². The van der Waals surface area contributed by atoms with Crippen molar-refractivity contribution in [3.05, 3.63) is 28.2 Å². The molecule has 1 aliphatic heterocycles. The lowest BCUT2D eigenvalue weighted by Gasteiger charge is -2.40. The van der Waals surface area contributed by atoms with E-state index >= 15 is 0 Å². The molecule has 2 rings (SSSR count). The number of nitrogens with one attached hydrogen (secondary N) is 1. The van der Waals surface area contributed by atoms with Crippen LogP contribution in [0.15, 0.2) is 22.7 Å². The molecule has 0 aromatic heterocycles. The summed E-state index contributed by atoms with van der Waals surface area (Å²) in [7, 11) is 2.00. The summed E-state index contributed by atoms with van der Waals surface area (Å²) in [6, 6.07) is 7.78. The van der Waals surface area contributed by atoms with Crippen LogP contribution in [0.2, 0.25) is 0 Å². The second kappa shape index (κ2) is 6.27. The number of halogens is 1. The maximum atomic E-state index is 3.76. The third-order valence-corrected chi connectivity index (χ3v) is 5.22. The highest BCUT2D eigenvalue weighted by Gasteiger charge is 2.26.